The molecule has 2 rings (SSSR count). The van der Waals surface area contributed by atoms with Crippen molar-refractivity contribution in [1.29, 1.82) is 5.26 Å². The number of nitriles is 1. The second kappa shape index (κ2) is 7.30. The van der Waals surface area contributed by atoms with Crippen LogP contribution in [0.3, 0.4) is 0 Å². The molecule has 0 aliphatic rings. The number of thioether (sulfide) groups is 1. The Labute approximate surface area is 129 Å². The fraction of sp³-hybridized carbons (Fsp3) is 0.188. The molecule has 21 heavy (non-hydrogen) atoms. The molecule has 0 heterocycles. The summed E-state index contributed by atoms with van der Waals surface area (Å²) in [7, 11) is -3.32. The van der Waals surface area contributed by atoms with Crippen molar-refractivity contribution >= 4 is 21.6 Å². The monoisotopic (exact) mass is 317 g/mol. The molecule has 2 aromatic rings. The molecule has 108 valence electrons. The number of benzene rings is 2. The van der Waals surface area contributed by atoms with Crippen molar-refractivity contribution in [3.05, 3.63) is 65.7 Å². The van der Waals surface area contributed by atoms with Crippen molar-refractivity contribution in [2.24, 2.45) is 0 Å². The molecule has 0 amide bonds. The molecule has 2 aromatic carbocycles. The molecular formula is C16H15NO2S2. The molecule has 0 bridgehead atoms. The third-order valence-electron chi connectivity index (χ3n) is 2.93. The van der Waals surface area contributed by atoms with Crippen LogP contribution in [0.5, 0.6) is 0 Å². The van der Waals surface area contributed by atoms with E-state index in [0.29, 0.717) is 11.3 Å². The maximum Gasteiger partial charge on any atom is 0.179 e. The Hall–Kier alpha value is -1.77. The molecule has 5 heteroatoms. The first kappa shape index (κ1) is 15.6. The van der Waals surface area contributed by atoms with Gasteiger partial charge in [0.2, 0.25) is 0 Å². The minimum absolute atomic E-state index is 0.0827. The molecule has 0 N–H and O–H groups in total. The Balaban J connectivity index is 1.91. The zero-order valence-corrected chi connectivity index (χ0v) is 13.0. The van der Waals surface area contributed by atoms with E-state index in [-0.39, 0.29) is 10.6 Å². The third kappa shape index (κ3) is 4.62. The molecule has 0 aliphatic heterocycles. The predicted molar refractivity (Wildman–Crippen MR) is 85.8 cm³/mol. The summed E-state index contributed by atoms with van der Waals surface area (Å²) in [6.07, 6.45) is 0. The maximum atomic E-state index is 12.2. The van der Waals surface area contributed by atoms with Gasteiger partial charge < -0.3 is 0 Å². The van der Waals surface area contributed by atoms with Crippen LogP contribution in [0.2, 0.25) is 0 Å². The molecule has 0 atom stereocenters. The van der Waals surface area contributed by atoms with Crippen LogP contribution < -0.4 is 0 Å². The van der Waals surface area contributed by atoms with E-state index >= 15 is 0 Å². The summed E-state index contributed by atoms with van der Waals surface area (Å²) < 4.78 is 24.4. The maximum absolute atomic E-state index is 12.2. The molecule has 0 saturated heterocycles. The molecule has 0 fully saturated rings. The van der Waals surface area contributed by atoms with Gasteiger partial charge in [-0.3, -0.25) is 0 Å². The first-order chi connectivity index (χ1) is 10.1. The zero-order valence-electron chi connectivity index (χ0n) is 11.4. The van der Waals surface area contributed by atoms with E-state index in [9.17, 15) is 8.42 Å². The minimum Gasteiger partial charge on any atom is -0.224 e. The second-order valence-electron chi connectivity index (χ2n) is 4.50. The first-order valence-electron chi connectivity index (χ1n) is 6.46. The second-order valence-corrected chi connectivity index (χ2v) is 7.71. The highest BCUT2D eigenvalue weighted by atomic mass is 32.2. The van der Waals surface area contributed by atoms with Gasteiger partial charge >= 0.3 is 0 Å². The van der Waals surface area contributed by atoms with E-state index < -0.39 is 9.84 Å². The van der Waals surface area contributed by atoms with Crippen molar-refractivity contribution < 1.29 is 8.42 Å². The van der Waals surface area contributed by atoms with Gasteiger partial charge in [0.25, 0.3) is 0 Å². The van der Waals surface area contributed by atoms with Crippen LogP contribution >= 0.6 is 11.8 Å². The average Bonchev–Trinajstić information content (AvgIpc) is 2.53. The average molecular weight is 317 g/mol. The fourth-order valence-corrected chi connectivity index (χ4v) is 4.56. The summed E-state index contributed by atoms with van der Waals surface area (Å²) >= 11 is 1.59. The number of sulfone groups is 1. The summed E-state index contributed by atoms with van der Waals surface area (Å²) in [5.74, 6) is 1.42. The molecule has 0 aliphatic carbocycles. The van der Waals surface area contributed by atoms with Gasteiger partial charge in [-0.05, 0) is 23.8 Å². The lowest BCUT2D eigenvalue weighted by Gasteiger charge is -2.05. The standard InChI is InChI=1S/C16H15NO2S2/c17-12-15-7-4-8-16(11-15)21(18,19)10-9-20-13-14-5-2-1-3-6-14/h1-8,11H,9-10,13H2. The van der Waals surface area contributed by atoms with Crippen molar-refractivity contribution in [3.8, 4) is 6.07 Å². The number of nitrogens with zero attached hydrogens (tertiary/aromatic N) is 1. The van der Waals surface area contributed by atoms with E-state index in [1.54, 1.807) is 23.9 Å². The van der Waals surface area contributed by atoms with Crippen molar-refractivity contribution in [1.82, 2.24) is 0 Å². The molecule has 3 nitrogen and oxygen atoms in total. The Morgan fingerprint density at radius 3 is 2.52 bits per heavy atom. The molecule has 0 unspecified atom stereocenters. The van der Waals surface area contributed by atoms with Crippen molar-refractivity contribution in [3.63, 3.8) is 0 Å². The summed E-state index contributed by atoms with van der Waals surface area (Å²) in [5.41, 5.74) is 1.55. The highest BCUT2D eigenvalue weighted by molar-refractivity contribution is 8.00. The summed E-state index contributed by atoms with van der Waals surface area (Å²) in [5, 5.41) is 8.82. The van der Waals surface area contributed by atoms with Gasteiger partial charge in [-0.15, -0.1) is 0 Å². The lowest BCUT2D eigenvalue weighted by Crippen LogP contribution is -2.09. The molecule has 0 aromatic heterocycles. The topological polar surface area (TPSA) is 57.9 Å². The van der Waals surface area contributed by atoms with Gasteiger partial charge in [0.15, 0.2) is 9.84 Å². The van der Waals surface area contributed by atoms with E-state index in [1.807, 2.05) is 36.4 Å². The van der Waals surface area contributed by atoms with Gasteiger partial charge in [0, 0.05) is 11.5 Å². The normalized spacial score (nSPS) is 11.0. The van der Waals surface area contributed by atoms with E-state index in [1.165, 1.54) is 17.7 Å². The molecule has 0 saturated carbocycles. The van der Waals surface area contributed by atoms with Gasteiger partial charge in [0.05, 0.1) is 22.3 Å². The Kier molecular flexibility index (Phi) is 5.43. The zero-order chi connectivity index (χ0) is 15.1. The van der Waals surface area contributed by atoms with Crippen molar-refractivity contribution in [2.45, 2.75) is 10.6 Å². The minimum atomic E-state index is -3.32. The molecular weight excluding hydrogens is 302 g/mol. The van der Waals surface area contributed by atoms with Crippen LogP contribution in [-0.2, 0) is 15.6 Å². The molecule has 0 spiro atoms. The fourth-order valence-electron chi connectivity index (χ4n) is 1.81. The van der Waals surface area contributed by atoms with Gasteiger partial charge in [-0.25, -0.2) is 8.42 Å². The number of hydrogen-bond donors (Lipinski definition) is 0. The Bertz CT molecular complexity index is 734. The van der Waals surface area contributed by atoms with Crippen molar-refractivity contribution in [2.75, 3.05) is 11.5 Å². The SMILES string of the molecule is N#Cc1cccc(S(=O)(=O)CCSCc2ccccc2)c1. The van der Waals surface area contributed by atoms with Gasteiger partial charge in [0.1, 0.15) is 0 Å². The predicted octanol–water partition coefficient (Wildman–Crippen LogP) is 3.27. The van der Waals surface area contributed by atoms with E-state index in [2.05, 4.69) is 0 Å². The van der Waals surface area contributed by atoms with Gasteiger partial charge in [-0.1, -0.05) is 36.4 Å². The number of hydrogen-bond acceptors (Lipinski definition) is 4. The lowest BCUT2D eigenvalue weighted by atomic mass is 10.2. The van der Waals surface area contributed by atoms with E-state index in [4.69, 9.17) is 5.26 Å². The summed E-state index contributed by atoms with van der Waals surface area (Å²) in [6.45, 7) is 0. The van der Waals surface area contributed by atoms with Gasteiger partial charge in [-0.2, -0.15) is 17.0 Å². The highest BCUT2D eigenvalue weighted by Crippen LogP contribution is 2.17. The highest BCUT2D eigenvalue weighted by Gasteiger charge is 2.14. The number of rotatable bonds is 6. The largest absolute Gasteiger partial charge is 0.224 e. The Morgan fingerprint density at radius 2 is 1.81 bits per heavy atom. The Morgan fingerprint density at radius 1 is 1.05 bits per heavy atom. The van der Waals surface area contributed by atoms with E-state index in [0.717, 1.165) is 5.75 Å². The van der Waals surface area contributed by atoms with Crippen LogP contribution in [0.4, 0.5) is 0 Å². The third-order valence-corrected chi connectivity index (χ3v) is 5.93. The summed E-state index contributed by atoms with van der Waals surface area (Å²) in [4.78, 5) is 0.224. The smallest absolute Gasteiger partial charge is 0.179 e. The lowest BCUT2D eigenvalue weighted by molar-refractivity contribution is 0.597. The van der Waals surface area contributed by atoms with Crippen LogP contribution in [0.1, 0.15) is 11.1 Å². The van der Waals surface area contributed by atoms with Crippen LogP contribution in [0.25, 0.3) is 0 Å². The van der Waals surface area contributed by atoms with Crippen LogP contribution in [0, 0.1) is 11.3 Å². The molecule has 0 radical (unpaired) electrons. The first-order valence-corrected chi connectivity index (χ1v) is 9.27. The quantitative estimate of drug-likeness (QED) is 0.767. The summed E-state index contributed by atoms with van der Waals surface area (Å²) in [6, 6.07) is 18.1. The van der Waals surface area contributed by atoms with Crippen LogP contribution in [0.15, 0.2) is 59.5 Å². The van der Waals surface area contributed by atoms with Crippen LogP contribution in [-0.4, -0.2) is 19.9 Å².